The number of carbonyl (C=O) groups is 1. The van der Waals surface area contributed by atoms with Crippen molar-refractivity contribution in [1.82, 2.24) is 15.1 Å². The minimum atomic E-state index is 0.0211. The molecule has 1 amide bonds. The van der Waals surface area contributed by atoms with Crippen LogP contribution in [0.1, 0.15) is 37.2 Å². The van der Waals surface area contributed by atoms with Gasteiger partial charge in [-0.3, -0.25) is 9.69 Å². The number of hydrogen-bond acceptors (Lipinski definition) is 5. The molecule has 1 N–H and O–H groups in total. The Morgan fingerprint density at radius 3 is 2.62 bits per heavy atom. The van der Waals surface area contributed by atoms with Gasteiger partial charge in [0.1, 0.15) is 0 Å². The Morgan fingerprint density at radius 1 is 1.10 bits per heavy atom. The van der Waals surface area contributed by atoms with E-state index in [0.717, 1.165) is 52.0 Å². The Kier molecular flexibility index (Phi) is 5.61. The van der Waals surface area contributed by atoms with Crippen molar-refractivity contribution in [3.8, 4) is 0 Å². The molecular weight excluding hydrogens is 366 g/mol. The largest absolute Gasteiger partial charge is 0.378 e. The van der Waals surface area contributed by atoms with Gasteiger partial charge in [0, 0.05) is 44.2 Å². The van der Waals surface area contributed by atoms with E-state index < -0.39 is 0 Å². The molecule has 3 atom stereocenters. The Morgan fingerprint density at radius 2 is 1.86 bits per heavy atom. The molecule has 3 aliphatic heterocycles. The molecule has 3 heterocycles. The van der Waals surface area contributed by atoms with Gasteiger partial charge in [0.25, 0.3) is 0 Å². The molecule has 3 saturated heterocycles. The molecule has 158 valence electrons. The molecule has 1 spiro atoms. The Bertz CT molecular complexity index is 699. The van der Waals surface area contributed by atoms with Gasteiger partial charge in [0.2, 0.25) is 5.91 Å². The lowest BCUT2D eigenvalue weighted by Crippen LogP contribution is -2.50. The van der Waals surface area contributed by atoms with Gasteiger partial charge in [-0.05, 0) is 31.2 Å². The van der Waals surface area contributed by atoms with Gasteiger partial charge in [0.05, 0.1) is 32.0 Å². The van der Waals surface area contributed by atoms with Crippen LogP contribution in [-0.4, -0.2) is 85.9 Å². The van der Waals surface area contributed by atoms with Crippen LogP contribution in [0, 0.1) is 0 Å². The summed E-state index contributed by atoms with van der Waals surface area (Å²) in [6.45, 7) is 6.09. The number of likely N-dealkylation sites (tertiary alicyclic amines) is 1. The molecule has 1 saturated carbocycles. The number of piperidine rings is 1. The van der Waals surface area contributed by atoms with E-state index in [9.17, 15) is 4.79 Å². The number of benzene rings is 1. The summed E-state index contributed by atoms with van der Waals surface area (Å²) in [4.78, 5) is 16.7. The first-order chi connectivity index (χ1) is 14.2. The van der Waals surface area contributed by atoms with Crippen molar-refractivity contribution < 1.29 is 14.3 Å². The number of nitrogens with zero attached hydrogens (tertiary/aromatic N) is 2. The summed E-state index contributed by atoms with van der Waals surface area (Å²) in [5.41, 5.74) is 1.48. The molecule has 6 nitrogen and oxygen atoms in total. The van der Waals surface area contributed by atoms with Gasteiger partial charge in [-0.15, -0.1) is 0 Å². The van der Waals surface area contributed by atoms with E-state index in [1.807, 2.05) is 4.90 Å². The summed E-state index contributed by atoms with van der Waals surface area (Å²) >= 11 is 0. The summed E-state index contributed by atoms with van der Waals surface area (Å²) < 4.78 is 11.7. The quantitative estimate of drug-likeness (QED) is 0.815. The summed E-state index contributed by atoms with van der Waals surface area (Å²) in [6.07, 6.45) is 4.42. The third-order valence-corrected chi connectivity index (χ3v) is 7.17. The van der Waals surface area contributed by atoms with Crippen molar-refractivity contribution in [3.63, 3.8) is 0 Å². The van der Waals surface area contributed by atoms with Gasteiger partial charge in [-0.25, -0.2) is 0 Å². The maximum Gasteiger partial charge on any atom is 0.236 e. The van der Waals surface area contributed by atoms with Gasteiger partial charge in [-0.1, -0.05) is 30.3 Å². The standard InChI is InChI=1S/C23H33N3O3/c27-22(26-10-12-28-13-11-26)16-25-8-6-23(7-9-25)15-19(17-29-23)24-21-14-20(21)18-4-2-1-3-5-18/h1-5,19-21,24H,6-17H2. The SMILES string of the molecule is O=C(CN1CCC2(CC1)CC(NC1CC1c1ccccc1)CO2)N1CCOCC1. The molecular formula is C23H33N3O3. The van der Waals surface area contributed by atoms with Crippen LogP contribution in [0.2, 0.25) is 0 Å². The van der Waals surface area contributed by atoms with E-state index in [1.54, 1.807) is 0 Å². The van der Waals surface area contributed by atoms with Crippen LogP contribution in [-0.2, 0) is 14.3 Å². The average molecular weight is 400 g/mol. The molecule has 29 heavy (non-hydrogen) atoms. The molecule has 4 aliphatic rings. The van der Waals surface area contributed by atoms with Crippen LogP contribution in [0.15, 0.2) is 30.3 Å². The average Bonchev–Trinajstić information content (AvgIpc) is 3.43. The second-order valence-corrected chi connectivity index (χ2v) is 9.19. The topological polar surface area (TPSA) is 54.0 Å². The van der Waals surface area contributed by atoms with Crippen LogP contribution in [0.4, 0.5) is 0 Å². The predicted molar refractivity (Wildman–Crippen MR) is 111 cm³/mol. The molecule has 5 rings (SSSR count). The van der Waals surface area contributed by atoms with E-state index in [1.165, 1.54) is 12.0 Å². The van der Waals surface area contributed by atoms with E-state index in [0.29, 0.717) is 37.8 Å². The molecule has 0 bridgehead atoms. The third-order valence-electron chi connectivity index (χ3n) is 7.17. The lowest BCUT2D eigenvalue weighted by molar-refractivity contribution is -0.137. The number of ether oxygens (including phenoxy) is 2. The summed E-state index contributed by atoms with van der Waals surface area (Å²) in [5, 5.41) is 3.85. The lowest BCUT2D eigenvalue weighted by Gasteiger charge is -2.39. The highest BCUT2D eigenvalue weighted by molar-refractivity contribution is 5.78. The van der Waals surface area contributed by atoms with E-state index in [-0.39, 0.29) is 11.5 Å². The zero-order chi connectivity index (χ0) is 19.7. The normalized spacial score (nSPS) is 31.9. The number of carbonyl (C=O) groups excluding carboxylic acids is 1. The van der Waals surface area contributed by atoms with E-state index in [4.69, 9.17) is 9.47 Å². The second kappa shape index (κ2) is 8.34. The minimum Gasteiger partial charge on any atom is -0.378 e. The van der Waals surface area contributed by atoms with E-state index >= 15 is 0 Å². The van der Waals surface area contributed by atoms with Crippen molar-refractivity contribution in [2.45, 2.75) is 49.3 Å². The molecule has 1 aliphatic carbocycles. The zero-order valence-electron chi connectivity index (χ0n) is 17.2. The summed E-state index contributed by atoms with van der Waals surface area (Å²) in [6, 6.07) is 11.9. The molecule has 4 fully saturated rings. The highest BCUT2D eigenvalue weighted by Crippen LogP contribution is 2.43. The Hall–Kier alpha value is -1.47. The van der Waals surface area contributed by atoms with Gasteiger partial charge >= 0.3 is 0 Å². The monoisotopic (exact) mass is 399 g/mol. The maximum absolute atomic E-state index is 12.5. The Labute approximate surface area is 173 Å². The zero-order valence-corrected chi connectivity index (χ0v) is 17.2. The summed E-state index contributed by atoms with van der Waals surface area (Å²) in [7, 11) is 0. The minimum absolute atomic E-state index is 0.0211. The number of morpholine rings is 1. The van der Waals surface area contributed by atoms with Crippen LogP contribution >= 0.6 is 0 Å². The highest BCUT2D eigenvalue weighted by Gasteiger charge is 2.46. The number of rotatable bonds is 5. The predicted octanol–water partition coefficient (Wildman–Crippen LogP) is 1.61. The first kappa shape index (κ1) is 19.5. The Balaban J connectivity index is 1.06. The first-order valence-corrected chi connectivity index (χ1v) is 11.2. The van der Waals surface area contributed by atoms with Gasteiger partial charge in [-0.2, -0.15) is 0 Å². The number of nitrogens with one attached hydrogen (secondary N) is 1. The number of hydrogen-bond donors (Lipinski definition) is 1. The summed E-state index contributed by atoms with van der Waals surface area (Å²) in [5.74, 6) is 0.914. The fourth-order valence-electron chi connectivity index (χ4n) is 5.27. The van der Waals surface area contributed by atoms with Crippen LogP contribution in [0.25, 0.3) is 0 Å². The van der Waals surface area contributed by atoms with Crippen molar-refractivity contribution in [2.75, 3.05) is 52.5 Å². The maximum atomic E-state index is 12.5. The lowest BCUT2D eigenvalue weighted by atomic mass is 9.87. The van der Waals surface area contributed by atoms with Crippen LogP contribution < -0.4 is 5.32 Å². The fraction of sp³-hybridized carbons (Fsp3) is 0.696. The fourth-order valence-corrected chi connectivity index (χ4v) is 5.27. The molecule has 1 aromatic rings. The smallest absolute Gasteiger partial charge is 0.236 e. The van der Waals surface area contributed by atoms with Crippen molar-refractivity contribution in [3.05, 3.63) is 35.9 Å². The second-order valence-electron chi connectivity index (χ2n) is 9.19. The van der Waals surface area contributed by atoms with Crippen LogP contribution in [0.3, 0.4) is 0 Å². The first-order valence-electron chi connectivity index (χ1n) is 11.2. The van der Waals surface area contributed by atoms with E-state index in [2.05, 4.69) is 40.5 Å². The molecule has 6 heteroatoms. The third kappa shape index (κ3) is 4.50. The molecule has 1 aromatic carbocycles. The molecule has 3 unspecified atom stereocenters. The highest BCUT2D eigenvalue weighted by atomic mass is 16.5. The van der Waals surface area contributed by atoms with Crippen molar-refractivity contribution in [1.29, 1.82) is 0 Å². The van der Waals surface area contributed by atoms with Gasteiger partial charge in [0.15, 0.2) is 0 Å². The molecule has 0 radical (unpaired) electrons. The van der Waals surface area contributed by atoms with Crippen LogP contribution in [0.5, 0.6) is 0 Å². The van der Waals surface area contributed by atoms with Crippen molar-refractivity contribution >= 4 is 5.91 Å². The number of amides is 1. The van der Waals surface area contributed by atoms with Gasteiger partial charge < -0.3 is 19.7 Å². The molecule has 0 aromatic heterocycles. The van der Waals surface area contributed by atoms with Crippen molar-refractivity contribution in [2.24, 2.45) is 0 Å².